The molecule has 0 spiro atoms. The second kappa shape index (κ2) is 7.22. The van der Waals surface area contributed by atoms with Gasteiger partial charge in [0.05, 0.1) is 6.04 Å². The number of hydrogen-bond donors (Lipinski definition) is 3. The zero-order valence-electron chi connectivity index (χ0n) is 12.0. The first-order chi connectivity index (χ1) is 10.1. The van der Waals surface area contributed by atoms with Gasteiger partial charge in [-0.2, -0.15) is 0 Å². The lowest BCUT2D eigenvalue weighted by atomic mass is 10.00. The first-order valence-corrected chi connectivity index (χ1v) is 7.39. The minimum Gasteiger partial charge on any atom is -0.481 e. The van der Waals surface area contributed by atoms with Crippen LogP contribution in [0.3, 0.4) is 0 Å². The first-order valence-electron chi connectivity index (χ1n) is 7.39. The Bertz CT molecular complexity index is 490. The van der Waals surface area contributed by atoms with Gasteiger partial charge in [0.15, 0.2) is 0 Å². The predicted molar refractivity (Wildman–Crippen MR) is 79.5 cm³/mol. The number of carbonyl (C=O) groups excluding carboxylic acids is 1. The molecule has 0 aromatic heterocycles. The van der Waals surface area contributed by atoms with Crippen LogP contribution in [0.4, 0.5) is 0 Å². The summed E-state index contributed by atoms with van der Waals surface area (Å²) in [6.45, 7) is 0. The van der Waals surface area contributed by atoms with Crippen molar-refractivity contribution >= 4 is 11.9 Å². The molecule has 2 rings (SSSR count). The lowest BCUT2D eigenvalue weighted by Crippen LogP contribution is -2.34. The normalized spacial score (nSPS) is 22.7. The number of rotatable bonds is 6. The third-order valence-corrected chi connectivity index (χ3v) is 4.01. The minimum absolute atomic E-state index is 0.0119. The molecule has 0 radical (unpaired) electrons. The molecule has 1 aromatic rings. The van der Waals surface area contributed by atoms with Crippen LogP contribution in [0.15, 0.2) is 30.3 Å². The van der Waals surface area contributed by atoms with Crippen LogP contribution in [0, 0.1) is 5.92 Å². The van der Waals surface area contributed by atoms with Gasteiger partial charge < -0.3 is 16.2 Å². The van der Waals surface area contributed by atoms with E-state index in [1.54, 1.807) is 0 Å². The van der Waals surface area contributed by atoms with E-state index < -0.39 is 5.97 Å². The van der Waals surface area contributed by atoms with Gasteiger partial charge >= 0.3 is 5.97 Å². The Hall–Kier alpha value is -1.88. The summed E-state index contributed by atoms with van der Waals surface area (Å²) in [5.41, 5.74) is 6.78. The molecule has 1 aliphatic carbocycles. The van der Waals surface area contributed by atoms with E-state index in [0.717, 1.165) is 18.4 Å². The zero-order valence-corrected chi connectivity index (χ0v) is 12.0. The number of carbonyl (C=O) groups is 2. The Morgan fingerprint density at radius 3 is 2.57 bits per heavy atom. The predicted octanol–water partition coefficient (Wildman–Crippen LogP) is 1.84. The Morgan fingerprint density at radius 2 is 2.00 bits per heavy atom. The third-order valence-electron chi connectivity index (χ3n) is 4.01. The molecule has 5 nitrogen and oxygen atoms in total. The van der Waals surface area contributed by atoms with Crippen LogP contribution in [-0.2, 0) is 9.59 Å². The lowest BCUT2D eigenvalue weighted by molar-refractivity contribution is -0.137. The van der Waals surface area contributed by atoms with Gasteiger partial charge in [0.1, 0.15) is 0 Å². The molecule has 3 atom stereocenters. The van der Waals surface area contributed by atoms with Crippen molar-refractivity contribution in [3.05, 3.63) is 35.9 Å². The summed E-state index contributed by atoms with van der Waals surface area (Å²) in [5, 5.41) is 11.9. The maximum Gasteiger partial charge on any atom is 0.303 e. The topological polar surface area (TPSA) is 92.4 Å². The number of amides is 1. The highest BCUT2D eigenvalue weighted by molar-refractivity contribution is 5.79. The molecule has 21 heavy (non-hydrogen) atoms. The number of hydrogen-bond acceptors (Lipinski definition) is 3. The fourth-order valence-corrected chi connectivity index (χ4v) is 2.82. The maximum atomic E-state index is 12.3. The quantitative estimate of drug-likeness (QED) is 0.745. The summed E-state index contributed by atoms with van der Waals surface area (Å²) in [5.74, 6) is -0.911. The van der Waals surface area contributed by atoms with Crippen molar-refractivity contribution in [2.75, 3.05) is 0 Å². The summed E-state index contributed by atoms with van der Waals surface area (Å²) in [7, 11) is 0. The second-order valence-electron chi connectivity index (χ2n) is 5.67. The molecule has 0 saturated heterocycles. The van der Waals surface area contributed by atoms with Crippen LogP contribution in [0.25, 0.3) is 0 Å². The Labute approximate surface area is 124 Å². The Morgan fingerprint density at radius 1 is 1.29 bits per heavy atom. The molecular formula is C16H22N2O3. The number of nitrogens with two attached hydrogens (primary N) is 1. The molecule has 1 aliphatic rings. The highest BCUT2D eigenvalue weighted by Crippen LogP contribution is 2.26. The number of aliphatic carboxylic acids is 1. The summed E-state index contributed by atoms with van der Waals surface area (Å²) >= 11 is 0. The molecule has 1 amide bonds. The minimum atomic E-state index is -0.854. The number of carboxylic acids is 1. The second-order valence-corrected chi connectivity index (χ2v) is 5.67. The van der Waals surface area contributed by atoms with Crippen LogP contribution in [0.5, 0.6) is 0 Å². The van der Waals surface area contributed by atoms with Crippen molar-refractivity contribution in [1.82, 2.24) is 5.32 Å². The number of benzene rings is 1. The molecule has 4 N–H and O–H groups in total. The molecule has 3 unspecified atom stereocenters. The molecule has 0 heterocycles. The monoisotopic (exact) mass is 290 g/mol. The molecule has 5 heteroatoms. The number of nitrogens with one attached hydrogen (secondary N) is 1. The third kappa shape index (κ3) is 4.56. The van der Waals surface area contributed by atoms with Gasteiger partial charge in [0.25, 0.3) is 0 Å². The smallest absolute Gasteiger partial charge is 0.303 e. The van der Waals surface area contributed by atoms with E-state index in [1.165, 1.54) is 0 Å². The summed E-state index contributed by atoms with van der Waals surface area (Å²) < 4.78 is 0. The zero-order chi connectivity index (χ0) is 15.2. The van der Waals surface area contributed by atoms with Gasteiger partial charge in [-0.1, -0.05) is 30.3 Å². The van der Waals surface area contributed by atoms with E-state index in [1.807, 2.05) is 30.3 Å². The molecule has 1 aromatic carbocycles. The molecule has 0 aliphatic heterocycles. The van der Waals surface area contributed by atoms with Crippen LogP contribution in [0.2, 0.25) is 0 Å². The van der Waals surface area contributed by atoms with E-state index in [4.69, 9.17) is 10.8 Å². The Balaban J connectivity index is 2.01. The molecule has 0 bridgehead atoms. The molecular weight excluding hydrogens is 268 g/mol. The van der Waals surface area contributed by atoms with Crippen LogP contribution in [0.1, 0.15) is 43.7 Å². The summed E-state index contributed by atoms with van der Waals surface area (Å²) in [4.78, 5) is 23.1. The van der Waals surface area contributed by atoms with Crippen LogP contribution < -0.4 is 11.1 Å². The van der Waals surface area contributed by atoms with Gasteiger partial charge in [-0.05, 0) is 31.2 Å². The van der Waals surface area contributed by atoms with E-state index in [0.29, 0.717) is 12.8 Å². The van der Waals surface area contributed by atoms with E-state index in [-0.39, 0.29) is 30.3 Å². The van der Waals surface area contributed by atoms with Gasteiger partial charge in [-0.3, -0.25) is 9.59 Å². The van der Waals surface area contributed by atoms with E-state index >= 15 is 0 Å². The molecule has 1 saturated carbocycles. The van der Waals surface area contributed by atoms with E-state index in [2.05, 4.69) is 5.32 Å². The van der Waals surface area contributed by atoms with Crippen molar-refractivity contribution < 1.29 is 14.7 Å². The standard InChI is InChI=1S/C16H22N2O3/c17-13-7-6-12(10-13)16(21)18-14(8-9-15(19)20)11-4-2-1-3-5-11/h1-5,12-14H,6-10,17H2,(H,18,21)(H,19,20). The van der Waals surface area contributed by atoms with Crippen molar-refractivity contribution in [1.29, 1.82) is 0 Å². The van der Waals surface area contributed by atoms with Gasteiger partial charge in [0, 0.05) is 18.4 Å². The average molecular weight is 290 g/mol. The summed E-state index contributed by atoms with van der Waals surface area (Å²) in [6, 6.07) is 9.35. The largest absolute Gasteiger partial charge is 0.481 e. The fraction of sp³-hybridized carbons (Fsp3) is 0.500. The van der Waals surface area contributed by atoms with Crippen molar-refractivity contribution in [2.45, 2.75) is 44.2 Å². The maximum absolute atomic E-state index is 12.3. The van der Waals surface area contributed by atoms with E-state index in [9.17, 15) is 9.59 Å². The SMILES string of the molecule is NC1CCC(C(=O)NC(CCC(=O)O)c2ccccc2)C1. The highest BCUT2D eigenvalue weighted by atomic mass is 16.4. The van der Waals surface area contributed by atoms with Crippen molar-refractivity contribution in [3.63, 3.8) is 0 Å². The van der Waals surface area contributed by atoms with Crippen LogP contribution >= 0.6 is 0 Å². The van der Waals surface area contributed by atoms with Crippen molar-refractivity contribution in [3.8, 4) is 0 Å². The van der Waals surface area contributed by atoms with Gasteiger partial charge in [-0.25, -0.2) is 0 Å². The number of carboxylic acid groups (broad SMARTS) is 1. The highest BCUT2D eigenvalue weighted by Gasteiger charge is 2.29. The lowest BCUT2D eigenvalue weighted by Gasteiger charge is -2.21. The molecule has 1 fully saturated rings. The molecule has 114 valence electrons. The first kappa shape index (κ1) is 15.5. The summed E-state index contributed by atoms with van der Waals surface area (Å²) in [6.07, 6.45) is 2.83. The Kier molecular flexibility index (Phi) is 5.33. The van der Waals surface area contributed by atoms with Gasteiger partial charge in [0.2, 0.25) is 5.91 Å². The van der Waals surface area contributed by atoms with Crippen LogP contribution in [-0.4, -0.2) is 23.0 Å². The van der Waals surface area contributed by atoms with Crippen molar-refractivity contribution in [2.24, 2.45) is 11.7 Å². The van der Waals surface area contributed by atoms with Gasteiger partial charge in [-0.15, -0.1) is 0 Å². The fourth-order valence-electron chi connectivity index (χ4n) is 2.82. The average Bonchev–Trinajstić information content (AvgIpc) is 2.90.